The number of anilines is 2. The molecule has 10 heteroatoms. The summed E-state index contributed by atoms with van der Waals surface area (Å²) in [4.78, 5) is 13.2. The summed E-state index contributed by atoms with van der Waals surface area (Å²) in [6.45, 7) is 7.95. The van der Waals surface area contributed by atoms with Crippen molar-refractivity contribution in [2.24, 2.45) is 0 Å². The molecule has 0 atom stereocenters. The molecule has 0 bridgehead atoms. The Labute approximate surface area is 206 Å². The van der Waals surface area contributed by atoms with E-state index in [1.54, 1.807) is 46.3 Å². The summed E-state index contributed by atoms with van der Waals surface area (Å²) < 4.78 is 38.8. The molecular formula is C25H31N5O4S. The minimum atomic E-state index is -3.77. The zero-order valence-corrected chi connectivity index (χ0v) is 21.3. The lowest BCUT2D eigenvalue weighted by Crippen LogP contribution is -2.45. The zero-order valence-electron chi connectivity index (χ0n) is 20.5. The maximum Gasteiger partial charge on any atom is 0.264 e. The highest BCUT2D eigenvalue weighted by atomic mass is 32.2. The molecule has 0 aliphatic carbocycles. The van der Waals surface area contributed by atoms with Gasteiger partial charge in [-0.1, -0.05) is 6.07 Å². The number of benzene rings is 2. The van der Waals surface area contributed by atoms with Gasteiger partial charge < -0.3 is 14.4 Å². The van der Waals surface area contributed by atoms with Gasteiger partial charge in [0.25, 0.3) is 10.0 Å². The average Bonchev–Trinajstić information content (AvgIpc) is 2.83. The first kappa shape index (κ1) is 24.7. The molecule has 2 aromatic carbocycles. The number of nitrogens with zero attached hydrogens (tertiary/aromatic N) is 4. The Bertz CT molecular complexity index is 1250. The van der Waals surface area contributed by atoms with Gasteiger partial charge in [-0.2, -0.15) is 0 Å². The molecule has 1 aliphatic rings. The van der Waals surface area contributed by atoms with Crippen molar-refractivity contribution in [3.63, 3.8) is 0 Å². The van der Waals surface area contributed by atoms with Gasteiger partial charge in [0.2, 0.25) is 5.95 Å². The normalized spacial score (nSPS) is 14.6. The van der Waals surface area contributed by atoms with Crippen LogP contribution in [-0.4, -0.2) is 63.7 Å². The molecule has 0 amide bonds. The Morgan fingerprint density at radius 2 is 1.49 bits per heavy atom. The van der Waals surface area contributed by atoms with Crippen LogP contribution in [0.25, 0.3) is 0 Å². The van der Waals surface area contributed by atoms with E-state index in [0.29, 0.717) is 11.4 Å². The molecule has 4 rings (SSSR count). The van der Waals surface area contributed by atoms with Gasteiger partial charge in [0.15, 0.2) is 11.5 Å². The van der Waals surface area contributed by atoms with Crippen LogP contribution in [-0.2, 0) is 16.6 Å². The molecule has 0 radical (unpaired) electrons. The van der Waals surface area contributed by atoms with Crippen molar-refractivity contribution in [2.75, 3.05) is 50.0 Å². The smallest absolute Gasteiger partial charge is 0.264 e. The van der Waals surface area contributed by atoms with Crippen LogP contribution in [0.2, 0.25) is 0 Å². The van der Waals surface area contributed by atoms with Gasteiger partial charge in [-0.3, -0.25) is 4.90 Å². The predicted molar refractivity (Wildman–Crippen MR) is 136 cm³/mol. The Hall–Kier alpha value is -3.37. The van der Waals surface area contributed by atoms with Crippen molar-refractivity contribution in [3.05, 3.63) is 65.5 Å². The predicted octanol–water partition coefficient (Wildman–Crippen LogP) is 3.23. The molecule has 0 unspecified atom stereocenters. The van der Waals surface area contributed by atoms with E-state index in [4.69, 9.17) is 9.47 Å². The van der Waals surface area contributed by atoms with Crippen molar-refractivity contribution in [3.8, 4) is 11.5 Å². The summed E-state index contributed by atoms with van der Waals surface area (Å²) >= 11 is 0. The number of nitrogens with one attached hydrogen (secondary N) is 1. The van der Waals surface area contributed by atoms with Gasteiger partial charge in [0.05, 0.1) is 19.1 Å². The van der Waals surface area contributed by atoms with Crippen LogP contribution in [0.5, 0.6) is 11.5 Å². The molecule has 1 fully saturated rings. The quantitative estimate of drug-likeness (QED) is 0.507. The van der Waals surface area contributed by atoms with Crippen LogP contribution in [0.1, 0.15) is 17.0 Å². The van der Waals surface area contributed by atoms with E-state index in [0.717, 1.165) is 49.9 Å². The monoisotopic (exact) mass is 497 g/mol. The number of piperazine rings is 1. The fraction of sp³-hybridized carbons (Fsp3) is 0.360. The standard InChI is InChI=1S/C25H31N5O4S/c1-18-15-19(2)27-25(26-18)28-35(31,32)22-8-6-21(7-9-22)30-13-11-29(12-14-30)17-20-5-10-23(33-3)24(16-20)34-4/h5-10,15-16H,11-14,17H2,1-4H3,(H,26,27,28). The average molecular weight is 498 g/mol. The Morgan fingerprint density at radius 1 is 0.857 bits per heavy atom. The molecule has 186 valence electrons. The minimum Gasteiger partial charge on any atom is -0.493 e. The second-order valence-electron chi connectivity index (χ2n) is 8.53. The molecule has 3 aromatic rings. The number of hydrogen-bond acceptors (Lipinski definition) is 8. The van der Waals surface area contributed by atoms with E-state index in [9.17, 15) is 8.42 Å². The Morgan fingerprint density at radius 3 is 2.09 bits per heavy atom. The van der Waals surface area contributed by atoms with Crippen molar-refractivity contribution >= 4 is 21.7 Å². The highest BCUT2D eigenvalue weighted by Gasteiger charge is 2.20. The van der Waals surface area contributed by atoms with Gasteiger partial charge in [-0.15, -0.1) is 0 Å². The summed E-state index contributed by atoms with van der Waals surface area (Å²) in [6, 6.07) is 14.7. The maximum absolute atomic E-state index is 12.8. The highest BCUT2D eigenvalue weighted by molar-refractivity contribution is 7.92. The van der Waals surface area contributed by atoms with E-state index >= 15 is 0 Å². The zero-order chi connectivity index (χ0) is 25.0. The number of methoxy groups -OCH3 is 2. The number of aryl methyl sites for hydroxylation is 2. The summed E-state index contributed by atoms with van der Waals surface area (Å²) in [5.74, 6) is 1.54. The van der Waals surface area contributed by atoms with Crippen molar-refractivity contribution in [1.82, 2.24) is 14.9 Å². The van der Waals surface area contributed by atoms with Gasteiger partial charge in [-0.05, 0) is 61.9 Å². The highest BCUT2D eigenvalue weighted by Crippen LogP contribution is 2.28. The van der Waals surface area contributed by atoms with Gasteiger partial charge in [0.1, 0.15) is 0 Å². The number of sulfonamides is 1. The number of aromatic nitrogens is 2. The molecule has 1 N–H and O–H groups in total. The van der Waals surface area contributed by atoms with Crippen LogP contribution in [0, 0.1) is 13.8 Å². The second-order valence-corrected chi connectivity index (χ2v) is 10.2. The molecule has 1 aromatic heterocycles. The lowest BCUT2D eigenvalue weighted by atomic mass is 10.1. The van der Waals surface area contributed by atoms with E-state index < -0.39 is 10.0 Å². The van der Waals surface area contributed by atoms with Crippen LogP contribution in [0.15, 0.2) is 53.4 Å². The first-order valence-corrected chi connectivity index (χ1v) is 12.9. The fourth-order valence-electron chi connectivity index (χ4n) is 4.19. The number of rotatable bonds is 8. The number of hydrogen-bond donors (Lipinski definition) is 1. The van der Waals surface area contributed by atoms with Crippen LogP contribution in [0.3, 0.4) is 0 Å². The first-order chi connectivity index (χ1) is 16.8. The molecule has 1 aliphatic heterocycles. The van der Waals surface area contributed by atoms with Crippen molar-refractivity contribution in [1.29, 1.82) is 0 Å². The second kappa shape index (κ2) is 10.5. The topological polar surface area (TPSA) is 96.9 Å². The Kier molecular flexibility index (Phi) is 7.42. The van der Waals surface area contributed by atoms with Gasteiger partial charge in [0, 0.05) is 49.8 Å². The minimum absolute atomic E-state index is 0.0807. The third-order valence-corrected chi connectivity index (χ3v) is 7.29. The van der Waals surface area contributed by atoms with E-state index in [1.807, 2.05) is 24.3 Å². The lowest BCUT2D eigenvalue weighted by molar-refractivity contribution is 0.249. The van der Waals surface area contributed by atoms with E-state index in [-0.39, 0.29) is 10.8 Å². The third-order valence-electron chi connectivity index (χ3n) is 5.95. The van der Waals surface area contributed by atoms with Gasteiger partial charge in [-0.25, -0.2) is 23.1 Å². The molecule has 9 nitrogen and oxygen atoms in total. The van der Waals surface area contributed by atoms with Gasteiger partial charge >= 0.3 is 0 Å². The summed E-state index contributed by atoms with van der Waals surface area (Å²) in [5.41, 5.74) is 3.58. The number of ether oxygens (including phenoxy) is 2. The molecule has 2 heterocycles. The Balaban J connectivity index is 1.36. The van der Waals surface area contributed by atoms with Crippen molar-refractivity contribution in [2.45, 2.75) is 25.3 Å². The lowest BCUT2D eigenvalue weighted by Gasteiger charge is -2.36. The SMILES string of the molecule is COc1ccc(CN2CCN(c3ccc(S(=O)(=O)Nc4nc(C)cc(C)n4)cc3)CC2)cc1OC. The summed E-state index contributed by atoms with van der Waals surface area (Å²) in [6.07, 6.45) is 0. The molecule has 0 saturated carbocycles. The molecular weight excluding hydrogens is 466 g/mol. The van der Waals surface area contributed by atoms with E-state index in [1.165, 1.54) is 5.56 Å². The fourth-order valence-corrected chi connectivity index (χ4v) is 5.13. The molecule has 1 saturated heterocycles. The molecule has 0 spiro atoms. The summed E-state index contributed by atoms with van der Waals surface area (Å²) in [7, 11) is -0.493. The van der Waals surface area contributed by atoms with Crippen molar-refractivity contribution < 1.29 is 17.9 Å². The largest absolute Gasteiger partial charge is 0.493 e. The maximum atomic E-state index is 12.8. The molecule has 35 heavy (non-hydrogen) atoms. The first-order valence-electron chi connectivity index (χ1n) is 11.4. The van der Waals surface area contributed by atoms with E-state index in [2.05, 4.69) is 30.6 Å². The van der Waals surface area contributed by atoms with Crippen LogP contribution >= 0.6 is 0 Å². The van der Waals surface area contributed by atoms with Crippen LogP contribution < -0.4 is 19.1 Å². The third kappa shape index (κ3) is 6.01. The summed E-state index contributed by atoms with van der Waals surface area (Å²) in [5, 5.41) is 0. The van der Waals surface area contributed by atoms with Crippen LogP contribution in [0.4, 0.5) is 11.6 Å².